The molecule has 7 unspecified atom stereocenters. The molecule has 17 atom stereocenters. The molecule has 0 radical (unpaired) electrons. The second-order valence-electron chi connectivity index (χ2n) is 16.7. The molecule has 0 aromatic rings. The molecule has 36 nitrogen and oxygen atoms in total. The van der Waals surface area contributed by atoms with Crippen molar-refractivity contribution in [2.75, 3.05) is 61.5 Å². The third kappa shape index (κ3) is 29.9. The quantitative estimate of drug-likeness (QED) is 0.0369. The summed E-state index contributed by atoms with van der Waals surface area (Å²) < 4.78 is 76.2. The summed E-state index contributed by atoms with van der Waals surface area (Å²) in [5, 5.41) is 71.7. The topological polar surface area (TPSA) is 514 Å². The van der Waals surface area contributed by atoms with E-state index in [9.17, 15) is 62.6 Å². The van der Waals surface area contributed by atoms with Gasteiger partial charge in [0.2, 0.25) is 24.1 Å². The van der Waals surface area contributed by atoms with Crippen LogP contribution < -0.4 is 0 Å². The number of carbonyl (C=O) groups is 12. The van der Waals surface area contributed by atoms with Gasteiger partial charge in [0.15, 0.2) is 43.8 Å². The fourth-order valence-corrected chi connectivity index (χ4v) is 6.44. The summed E-state index contributed by atoms with van der Waals surface area (Å²) in [5.74, 6) is -9.57. The summed E-state index contributed by atoms with van der Waals surface area (Å²) in [7, 11) is 4.75. The largest absolute Gasteiger partial charge is 0.466 e. The fraction of sp³-hybridized carbons (Fsp3) is 0.745. The van der Waals surface area contributed by atoms with E-state index < -0.39 is 196 Å². The fourth-order valence-electron chi connectivity index (χ4n) is 6.44. The van der Waals surface area contributed by atoms with Crippen LogP contribution in [-0.2, 0) is 133 Å². The molecule has 8 N–H and O–H groups in total. The van der Waals surface area contributed by atoms with Crippen molar-refractivity contribution >= 4 is 71.4 Å². The Labute approximate surface area is 473 Å². The monoisotopic (exact) mass is 1210 g/mol. The maximum Gasteiger partial charge on any atom is 0.351 e. The Morgan fingerprint density at radius 1 is 0.434 bits per heavy atom. The zero-order chi connectivity index (χ0) is 64.6. The summed E-state index contributed by atoms with van der Waals surface area (Å²) >= 11 is 0. The van der Waals surface area contributed by atoms with Gasteiger partial charge in [-0.2, -0.15) is 0 Å². The highest BCUT2D eigenvalue weighted by atomic mass is 16.7. The Morgan fingerprint density at radius 2 is 0.843 bits per heavy atom. The highest BCUT2D eigenvalue weighted by Gasteiger charge is 2.50. The van der Waals surface area contributed by atoms with Gasteiger partial charge in [-0.1, -0.05) is 0 Å². The number of hydrogen-bond donors (Lipinski definition) is 8. The highest BCUT2D eigenvalue weighted by Crippen LogP contribution is 2.28. The minimum Gasteiger partial charge on any atom is -0.466 e. The molecular formula is C47H74O36. The lowest BCUT2D eigenvalue weighted by Gasteiger charge is -2.27. The van der Waals surface area contributed by atoms with Crippen LogP contribution in [0.5, 0.6) is 0 Å². The summed E-state index contributed by atoms with van der Waals surface area (Å²) in [6, 6.07) is 0. The molecule has 0 bridgehead atoms. The first-order valence-electron chi connectivity index (χ1n) is 24.0. The molecule has 0 saturated carbocycles. The van der Waals surface area contributed by atoms with Crippen LogP contribution in [0.25, 0.3) is 0 Å². The lowest BCUT2D eigenvalue weighted by molar-refractivity contribution is -0.190. The zero-order valence-electron chi connectivity index (χ0n) is 47.4. The molecule has 3 fully saturated rings. The predicted molar refractivity (Wildman–Crippen MR) is 259 cm³/mol. The van der Waals surface area contributed by atoms with Gasteiger partial charge in [-0.3, -0.25) is 47.9 Å². The van der Waals surface area contributed by atoms with Gasteiger partial charge in [0, 0.05) is 76.5 Å². The molecule has 3 saturated heterocycles. The maximum absolute atomic E-state index is 11.9. The second kappa shape index (κ2) is 40.5. The van der Waals surface area contributed by atoms with E-state index in [4.69, 9.17) is 73.6 Å². The van der Waals surface area contributed by atoms with Crippen molar-refractivity contribution in [2.24, 2.45) is 0 Å². The molecule has 0 aromatic heterocycles. The molecule has 0 aliphatic carbocycles. The average Bonchev–Trinajstić information content (AvgIpc) is 4.26. The second-order valence-corrected chi connectivity index (χ2v) is 16.7. The molecule has 83 heavy (non-hydrogen) atoms. The van der Waals surface area contributed by atoms with Crippen molar-refractivity contribution in [3.8, 4) is 0 Å². The summed E-state index contributed by atoms with van der Waals surface area (Å²) in [4.78, 5) is 134. The maximum atomic E-state index is 11.9. The number of rotatable bonds is 22. The summed E-state index contributed by atoms with van der Waals surface area (Å²) in [6.07, 6.45) is -20.3. The van der Waals surface area contributed by atoms with Crippen molar-refractivity contribution in [1.29, 1.82) is 0 Å². The molecule has 3 heterocycles. The standard InChI is InChI=1S/C12H18O9.C12H16O9.C12H18O8.C6H12O5.C5H10O5/c2*1-6(13)19-5-9(16)10(20-7(2)14)11(12(17)18-4)21-8(3)15;1-6(13)17-5-9-10(18-7(2)14)11(19-8(3)15)12(16-4)20-9;1-10-6-5(9)4(8)3(2-7)11-6;6-1-2-3(7)4(8)5(9)10-2/h9-11,16H,5H2,1-4H3;10-11H,5H2,1-4H3;9-12H,5H2,1-4H3;3-9H,2H2,1H3;2-9H,1H2/t9?,10-,11-;10-,11-;9?,10-,11-,12?;3?,4-,5-,6?;2?,3-,4-,5?/m11111/s1. The predicted octanol–water partition coefficient (Wildman–Crippen LogP) is -6.62. The number of aliphatic hydroxyl groups excluding tert-OH is 8. The molecule has 478 valence electrons. The Hall–Kier alpha value is -6.68. The number of ketones is 1. The van der Waals surface area contributed by atoms with Gasteiger partial charge in [0.25, 0.3) is 0 Å². The van der Waals surface area contributed by atoms with E-state index in [1.807, 2.05) is 0 Å². The number of ether oxygens (including phenoxy) is 16. The Morgan fingerprint density at radius 3 is 1.20 bits per heavy atom. The van der Waals surface area contributed by atoms with E-state index in [-0.39, 0.29) is 13.2 Å². The molecule has 0 aromatic carbocycles. The molecule has 3 rings (SSSR count). The van der Waals surface area contributed by atoms with E-state index in [2.05, 4.69) is 37.9 Å². The number of hydrogen-bond acceptors (Lipinski definition) is 36. The third-order valence-corrected chi connectivity index (χ3v) is 10.00. The zero-order valence-corrected chi connectivity index (χ0v) is 47.4. The molecule has 3 aliphatic rings. The van der Waals surface area contributed by atoms with Crippen LogP contribution in [0.1, 0.15) is 62.3 Å². The van der Waals surface area contributed by atoms with Crippen LogP contribution in [0.4, 0.5) is 0 Å². The number of methoxy groups -OCH3 is 4. The van der Waals surface area contributed by atoms with E-state index in [0.717, 1.165) is 55.8 Å². The molecule has 0 amide bonds. The van der Waals surface area contributed by atoms with E-state index in [0.29, 0.717) is 0 Å². The summed E-state index contributed by atoms with van der Waals surface area (Å²) in [6.45, 7) is 7.74. The smallest absolute Gasteiger partial charge is 0.351 e. The number of Topliss-reactive ketones (excluding diaryl/α,β-unsaturated/α-hetero) is 1. The van der Waals surface area contributed by atoms with Crippen LogP contribution >= 0.6 is 0 Å². The van der Waals surface area contributed by atoms with Crippen LogP contribution in [-0.4, -0.2) is 278 Å². The van der Waals surface area contributed by atoms with Crippen molar-refractivity contribution in [1.82, 2.24) is 0 Å². The number of aliphatic hydroxyl groups is 8. The van der Waals surface area contributed by atoms with Gasteiger partial charge < -0.3 is 117 Å². The van der Waals surface area contributed by atoms with Gasteiger partial charge in [-0.15, -0.1) is 0 Å². The van der Waals surface area contributed by atoms with E-state index in [1.165, 1.54) is 35.0 Å². The van der Waals surface area contributed by atoms with Crippen molar-refractivity contribution in [3.05, 3.63) is 0 Å². The lowest BCUT2D eigenvalue weighted by atomic mass is 10.1. The van der Waals surface area contributed by atoms with Crippen molar-refractivity contribution in [2.45, 2.75) is 167 Å². The first kappa shape index (κ1) is 78.4. The Kier molecular flexibility index (Phi) is 38.3. The van der Waals surface area contributed by atoms with Gasteiger partial charge in [0.05, 0.1) is 27.4 Å². The minimum atomic E-state index is -1.78. The van der Waals surface area contributed by atoms with Crippen LogP contribution in [0.15, 0.2) is 0 Å². The number of carbonyl (C=O) groups excluding carboxylic acids is 12. The minimum absolute atomic E-state index is 0.134. The molecular weight excluding hydrogens is 1140 g/mol. The Balaban J connectivity index is 0. The van der Waals surface area contributed by atoms with E-state index >= 15 is 0 Å². The number of esters is 11. The van der Waals surface area contributed by atoms with Gasteiger partial charge in [-0.25, -0.2) is 9.59 Å². The van der Waals surface area contributed by atoms with Crippen LogP contribution in [0.2, 0.25) is 0 Å². The van der Waals surface area contributed by atoms with Crippen LogP contribution in [0.3, 0.4) is 0 Å². The van der Waals surface area contributed by atoms with Gasteiger partial charge in [-0.05, 0) is 0 Å². The average molecular weight is 1220 g/mol. The SMILES string of the molecule is COC(=O)[C@H](OC(C)=O)[C@H](OC(C)=O)C(=O)COC(C)=O.COC(=O)[C@H](OC(C)=O)[C@H](OC(C)=O)C(O)COC(C)=O.COC1OC(CO)[C@@H](O)[C@H]1O.COC1OC(COC(C)=O)[C@@H](OC(C)=O)[C@H]1OC(C)=O.OCC1OC(O)[C@H](O)[C@@H]1O. The first-order chi connectivity index (χ1) is 38.6. The van der Waals surface area contributed by atoms with E-state index in [1.54, 1.807) is 0 Å². The molecule has 36 heteroatoms. The third-order valence-electron chi connectivity index (χ3n) is 10.00. The normalized spacial score (nSPS) is 25.5. The van der Waals surface area contributed by atoms with Crippen LogP contribution in [0, 0.1) is 0 Å². The molecule has 0 spiro atoms. The lowest BCUT2D eigenvalue weighted by Crippen LogP contribution is -2.49. The van der Waals surface area contributed by atoms with Gasteiger partial charge >= 0.3 is 65.7 Å². The first-order valence-corrected chi connectivity index (χ1v) is 24.0. The molecule has 3 aliphatic heterocycles. The van der Waals surface area contributed by atoms with Crippen molar-refractivity contribution in [3.63, 3.8) is 0 Å². The highest BCUT2D eigenvalue weighted by molar-refractivity contribution is 5.94. The van der Waals surface area contributed by atoms with Crippen molar-refractivity contribution < 1.29 is 174 Å². The Bertz CT molecular complexity index is 2080. The summed E-state index contributed by atoms with van der Waals surface area (Å²) in [5.41, 5.74) is 0. The van der Waals surface area contributed by atoms with Gasteiger partial charge in [0.1, 0.15) is 62.0 Å².